The summed E-state index contributed by atoms with van der Waals surface area (Å²) in [6, 6.07) is 4.25. The van der Waals surface area contributed by atoms with Gasteiger partial charge in [-0.1, -0.05) is 44.2 Å². The molecule has 0 saturated carbocycles. The number of aliphatic carboxylic acids is 1. The summed E-state index contributed by atoms with van der Waals surface area (Å²) in [6.07, 6.45) is -0.138. The van der Waals surface area contributed by atoms with Crippen LogP contribution in [-0.4, -0.2) is 64.6 Å². The summed E-state index contributed by atoms with van der Waals surface area (Å²) in [4.78, 5) is 60.7. The van der Waals surface area contributed by atoms with Gasteiger partial charge in [0.15, 0.2) is 0 Å². The van der Waals surface area contributed by atoms with Crippen molar-refractivity contribution >= 4 is 42.2 Å². The molecule has 8 N–H and O–H groups in total. The van der Waals surface area contributed by atoms with Crippen LogP contribution in [-0.2, 0) is 30.4 Å². The van der Waals surface area contributed by atoms with Crippen LogP contribution in [0.5, 0.6) is 0 Å². The van der Waals surface area contributed by atoms with Gasteiger partial charge in [-0.15, -0.1) is 0 Å². The van der Waals surface area contributed by atoms with Crippen molar-refractivity contribution in [3.63, 3.8) is 0 Å². The fourth-order valence-electron chi connectivity index (χ4n) is 3.08. The molecule has 0 aliphatic rings. The number of carbonyl (C=O) groups is 5. The van der Waals surface area contributed by atoms with Crippen LogP contribution in [0.1, 0.15) is 32.3 Å². The van der Waals surface area contributed by atoms with Gasteiger partial charge in [-0.3, -0.25) is 19.2 Å². The lowest BCUT2D eigenvalue weighted by Gasteiger charge is -2.24. The molecule has 11 nitrogen and oxygen atoms in total. The first kappa shape index (κ1) is 28.9. The smallest absolute Gasteiger partial charge is 0.326 e. The lowest BCUT2D eigenvalue weighted by molar-refractivity contribution is -0.142. The summed E-state index contributed by atoms with van der Waals surface area (Å²) in [7, 11) is 0. The summed E-state index contributed by atoms with van der Waals surface area (Å²) in [5.74, 6) is -4.52. The van der Waals surface area contributed by atoms with E-state index in [0.29, 0.717) is 0 Å². The van der Waals surface area contributed by atoms with Gasteiger partial charge in [0.1, 0.15) is 18.1 Å². The molecule has 1 rings (SSSR count). The first-order valence-electron chi connectivity index (χ1n) is 10.8. The van der Waals surface area contributed by atoms with E-state index in [4.69, 9.17) is 11.5 Å². The zero-order valence-electron chi connectivity index (χ0n) is 19.2. The normalized spacial score (nSPS) is 14.4. The number of carboxylic acids is 1. The third kappa shape index (κ3) is 10.2. The van der Waals surface area contributed by atoms with Gasteiger partial charge in [0, 0.05) is 5.75 Å². The first-order valence-corrected chi connectivity index (χ1v) is 11.4. The summed E-state index contributed by atoms with van der Waals surface area (Å²) in [5, 5.41) is 16.5. The van der Waals surface area contributed by atoms with E-state index in [1.54, 1.807) is 38.1 Å². The third-order valence-electron chi connectivity index (χ3n) is 4.81. The molecular formula is C22H33N5O6S. The molecule has 0 saturated heterocycles. The number of nitrogens with one attached hydrogen (secondary N) is 3. The van der Waals surface area contributed by atoms with Crippen LogP contribution >= 0.6 is 12.6 Å². The Labute approximate surface area is 203 Å². The molecule has 12 heteroatoms. The zero-order valence-corrected chi connectivity index (χ0v) is 20.1. The number of primary amides is 1. The van der Waals surface area contributed by atoms with Gasteiger partial charge >= 0.3 is 5.97 Å². The Bertz CT molecular complexity index is 867. The highest BCUT2D eigenvalue weighted by molar-refractivity contribution is 7.80. The van der Waals surface area contributed by atoms with Gasteiger partial charge in [0.2, 0.25) is 23.6 Å². The maximum absolute atomic E-state index is 12.8. The molecule has 34 heavy (non-hydrogen) atoms. The molecule has 0 radical (unpaired) electrons. The number of benzene rings is 1. The van der Waals surface area contributed by atoms with Gasteiger partial charge < -0.3 is 32.5 Å². The Kier molecular flexibility index (Phi) is 12.1. The van der Waals surface area contributed by atoms with Crippen LogP contribution < -0.4 is 27.4 Å². The van der Waals surface area contributed by atoms with Crippen molar-refractivity contribution in [1.29, 1.82) is 0 Å². The molecule has 0 aliphatic heterocycles. The van der Waals surface area contributed by atoms with E-state index in [1.165, 1.54) is 0 Å². The minimum Gasteiger partial charge on any atom is -0.480 e. The van der Waals surface area contributed by atoms with Gasteiger partial charge in [-0.05, 0) is 24.3 Å². The molecule has 4 atom stereocenters. The molecule has 0 spiro atoms. The number of carboxylic acid groups (broad SMARTS) is 1. The maximum Gasteiger partial charge on any atom is 0.326 e. The predicted octanol–water partition coefficient (Wildman–Crippen LogP) is -1.05. The lowest BCUT2D eigenvalue weighted by Crippen LogP contribution is -2.58. The number of amides is 4. The van der Waals surface area contributed by atoms with E-state index in [-0.39, 0.29) is 24.5 Å². The van der Waals surface area contributed by atoms with E-state index in [0.717, 1.165) is 5.56 Å². The Morgan fingerprint density at radius 3 is 1.94 bits per heavy atom. The van der Waals surface area contributed by atoms with Gasteiger partial charge in [-0.2, -0.15) is 12.6 Å². The van der Waals surface area contributed by atoms with Crippen molar-refractivity contribution in [2.75, 3.05) is 5.75 Å². The average Bonchev–Trinajstić information content (AvgIpc) is 2.76. The molecule has 1 aromatic carbocycles. The second kappa shape index (κ2) is 14.2. The van der Waals surface area contributed by atoms with E-state index in [9.17, 15) is 29.1 Å². The number of carbonyl (C=O) groups excluding carboxylic acids is 4. The van der Waals surface area contributed by atoms with Gasteiger partial charge in [0.25, 0.3) is 0 Å². The third-order valence-corrected chi connectivity index (χ3v) is 5.18. The van der Waals surface area contributed by atoms with Crippen molar-refractivity contribution in [2.24, 2.45) is 17.4 Å². The Morgan fingerprint density at radius 2 is 1.44 bits per heavy atom. The van der Waals surface area contributed by atoms with E-state index < -0.39 is 60.2 Å². The highest BCUT2D eigenvalue weighted by atomic mass is 32.1. The van der Waals surface area contributed by atoms with Crippen LogP contribution in [0.3, 0.4) is 0 Å². The van der Waals surface area contributed by atoms with Crippen LogP contribution in [0.25, 0.3) is 0 Å². The predicted molar refractivity (Wildman–Crippen MR) is 129 cm³/mol. The Morgan fingerprint density at radius 1 is 0.912 bits per heavy atom. The van der Waals surface area contributed by atoms with Gasteiger partial charge in [-0.25, -0.2) is 4.79 Å². The van der Waals surface area contributed by atoms with E-state index >= 15 is 0 Å². The number of hydrogen-bond acceptors (Lipinski definition) is 7. The highest BCUT2D eigenvalue weighted by Crippen LogP contribution is 2.06. The van der Waals surface area contributed by atoms with Crippen molar-refractivity contribution < 1.29 is 29.1 Å². The zero-order chi connectivity index (χ0) is 25.8. The maximum atomic E-state index is 12.8. The average molecular weight is 496 g/mol. The fourth-order valence-corrected chi connectivity index (χ4v) is 3.34. The standard InChI is InChI=1S/C22H33N5O6S/c1-12(2)8-16(22(32)33)26-21(31)17(11-34)27-20(30)15(10-18(24)28)25-19(29)14(23)9-13-6-4-3-5-7-13/h3-7,12,14-17,34H,8-11,23H2,1-2H3,(H2,24,28)(H,25,29)(H,26,31)(H,27,30)(H,32,33). The number of thiol groups is 1. The highest BCUT2D eigenvalue weighted by Gasteiger charge is 2.30. The monoisotopic (exact) mass is 495 g/mol. The van der Waals surface area contributed by atoms with Crippen molar-refractivity contribution in [3.05, 3.63) is 35.9 Å². The Hall–Kier alpha value is -3.12. The van der Waals surface area contributed by atoms with Crippen LogP contribution in [0.4, 0.5) is 0 Å². The topological polar surface area (TPSA) is 194 Å². The van der Waals surface area contributed by atoms with Crippen LogP contribution in [0.15, 0.2) is 30.3 Å². The molecule has 0 aromatic heterocycles. The number of nitrogens with two attached hydrogens (primary N) is 2. The fraction of sp³-hybridized carbons (Fsp3) is 0.500. The quantitative estimate of drug-likeness (QED) is 0.160. The van der Waals surface area contributed by atoms with Crippen molar-refractivity contribution in [1.82, 2.24) is 16.0 Å². The van der Waals surface area contributed by atoms with Gasteiger partial charge in [0.05, 0.1) is 12.5 Å². The molecule has 0 aliphatic carbocycles. The SMILES string of the molecule is CC(C)CC(NC(=O)C(CS)NC(=O)C(CC(N)=O)NC(=O)C(N)Cc1ccccc1)C(=O)O. The molecule has 188 valence electrons. The molecule has 0 heterocycles. The van der Waals surface area contributed by atoms with Crippen molar-refractivity contribution in [3.8, 4) is 0 Å². The summed E-state index contributed by atoms with van der Waals surface area (Å²) in [5.41, 5.74) is 12.0. The molecule has 0 bridgehead atoms. The minimum atomic E-state index is -1.38. The second-order valence-corrected chi connectivity index (χ2v) is 8.67. The number of hydrogen-bond donors (Lipinski definition) is 7. The first-order chi connectivity index (χ1) is 15.9. The Balaban J connectivity index is 2.85. The van der Waals surface area contributed by atoms with Crippen molar-refractivity contribution in [2.45, 2.75) is 57.3 Å². The van der Waals surface area contributed by atoms with Crippen LogP contribution in [0.2, 0.25) is 0 Å². The van der Waals surface area contributed by atoms with E-state index in [2.05, 4.69) is 28.6 Å². The second-order valence-electron chi connectivity index (χ2n) is 8.30. The lowest BCUT2D eigenvalue weighted by atomic mass is 10.0. The molecular weight excluding hydrogens is 462 g/mol. The summed E-state index contributed by atoms with van der Waals surface area (Å²) in [6.45, 7) is 3.61. The van der Waals surface area contributed by atoms with Crippen LogP contribution in [0, 0.1) is 5.92 Å². The number of rotatable bonds is 14. The molecule has 4 amide bonds. The molecule has 4 unspecified atom stereocenters. The summed E-state index contributed by atoms with van der Waals surface area (Å²) < 4.78 is 0. The molecule has 0 fully saturated rings. The van der Waals surface area contributed by atoms with E-state index in [1.807, 2.05) is 6.07 Å². The minimum absolute atomic E-state index is 0.000645. The summed E-state index contributed by atoms with van der Waals surface area (Å²) >= 11 is 4.05. The largest absolute Gasteiger partial charge is 0.480 e. The molecule has 1 aromatic rings.